The zero-order valence-electron chi connectivity index (χ0n) is 12.5. The lowest BCUT2D eigenvalue weighted by Gasteiger charge is -2.27. The lowest BCUT2D eigenvalue weighted by molar-refractivity contribution is 0.121. The molecule has 0 N–H and O–H groups in total. The summed E-state index contributed by atoms with van der Waals surface area (Å²) < 4.78 is 32.7. The van der Waals surface area contributed by atoms with Crippen molar-refractivity contribution in [3.05, 3.63) is 18.1 Å². The second kappa shape index (κ2) is 7.18. The van der Waals surface area contributed by atoms with E-state index in [1.807, 2.05) is 11.5 Å². The maximum Gasteiger partial charge on any atom is 0.280 e. The number of anilines is 1. The molecule has 1 fully saturated rings. The number of nitrogens with zero attached hydrogens (tertiary/aromatic N) is 6. The molecule has 0 bridgehead atoms. The highest BCUT2D eigenvalue weighted by Gasteiger charge is 2.20. The Labute approximate surface area is 136 Å². The van der Waals surface area contributed by atoms with Crippen LogP contribution in [0.15, 0.2) is 22.6 Å². The van der Waals surface area contributed by atoms with E-state index in [1.54, 1.807) is 0 Å². The molecule has 10 heteroatoms. The van der Waals surface area contributed by atoms with Gasteiger partial charge in [0.25, 0.3) is 6.43 Å². The van der Waals surface area contributed by atoms with Crippen molar-refractivity contribution in [2.75, 3.05) is 31.2 Å². The highest BCUT2D eigenvalue weighted by atomic mass is 32.2. The molecule has 2 aromatic rings. The fraction of sp³-hybridized carbons (Fsp3) is 0.538. The molecule has 0 saturated carbocycles. The maximum absolute atomic E-state index is 12.7. The van der Waals surface area contributed by atoms with Crippen LogP contribution < -0.4 is 4.90 Å². The molecule has 3 heterocycles. The van der Waals surface area contributed by atoms with Crippen LogP contribution in [0.3, 0.4) is 0 Å². The summed E-state index contributed by atoms with van der Waals surface area (Å²) in [5, 5.41) is 9.45. The Morgan fingerprint density at radius 3 is 2.74 bits per heavy atom. The molecular weight excluding hydrogens is 326 g/mol. The van der Waals surface area contributed by atoms with Crippen molar-refractivity contribution in [2.24, 2.45) is 0 Å². The molecule has 124 valence electrons. The van der Waals surface area contributed by atoms with Crippen molar-refractivity contribution in [2.45, 2.75) is 30.1 Å². The molecule has 1 saturated heterocycles. The minimum absolute atomic E-state index is 0.293. The average molecular weight is 342 g/mol. The van der Waals surface area contributed by atoms with Gasteiger partial charge in [-0.15, -0.1) is 10.2 Å². The summed E-state index contributed by atoms with van der Waals surface area (Å²) in [7, 11) is 0. The van der Waals surface area contributed by atoms with Crippen molar-refractivity contribution in [3.63, 3.8) is 0 Å². The third-order valence-corrected chi connectivity index (χ3v) is 4.31. The smallest absolute Gasteiger partial charge is 0.280 e. The van der Waals surface area contributed by atoms with Crippen LogP contribution in [-0.2, 0) is 11.3 Å². The molecule has 1 aliphatic rings. The molecule has 0 unspecified atom stereocenters. The Morgan fingerprint density at radius 2 is 2.04 bits per heavy atom. The second-order valence-corrected chi connectivity index (χ2v) is 5.80. The van der Waals surface area contributed by atoms with Crippen molar-refractivity contribution in [1.29, 1.82) is 0 Å². The van der Waals surface area contributed by atoms with Gasteiger partial charge >= 0.3 is 0 Å². The zero-order valence-corrected chi connectivity index (χ0v) is 13.3. The summed E-state index contributed by atoms with van der Waals surface area (Å²) in [6.45, 7) is 5.49. The number of hydrogen-bond acceptors (Lipinski definition) is 7. The van der Waals surface area contributed by atoms with E-state index in [4.69, 9.17) is 4.74 Å². The van der Waals surface area contributed by atoms with Crippen LogP contribution in [0.1, 0.15) is 19.0 Å². The number of alkyl halides is 2. The standard InChI is InChI=1S/C13H16F2N6OS/c1-2-21-12(20-3-5-22-6-4-20)18-19-13(21)23-10-7-9(11(14)15)16-8-17-10/h7-8,11H,2-6H2,1H3. The van der Waals surface area contributed by atoms with E-state index in [-0.39, 0.29) is 5.69 Å². The summed E-state index contributed by atoms with van der Waals surface area (Å²) >= 11 is 1.20. The van der Waals surface area contributed by atoms with Crippen molar-refractivity contribution < 1.29 is 13.5 Å². The molecular formula is C13H16F2N6OS. The van der Waals surface area contributed by atoms with Gasteiger partial charge in [-0.1, -0.05) is 0 Å². The van der Waals surface area contributed by atoms with Crippen LogP contribution in [-0.4, -0.2) is 51.0 Å². The van der Waals surface area contributed by atoms with Gasteiger partial charge in [-0.2, -0.15) is 0 Å². The highest BCUT2D eigenvalue weighted by Crippen LogP contribution is 2.29. The Hall–Kier alpha value is -1.81. The van der Waals surface area contributed by atoms with E-state index >= 15 is 0 Å². The predicted octanol–water partition coefficient (Wildman–Crippen LogP) is 2.01. The van der Waals surface area contributed by atoms with Gasteiger partial charge in [-0.3, -0.25) is 4.57 Å². The quantitative estimate of drug-likeness (QED) is 0.770. The van der Waals surface area contributed by atoms with Gasteiger partial charge in [-0.25, -0.2) is 18.7 Å². The molecule has 0 radical (unpaired) electrons. The lowest BCUT2D eigenvalue weighted by Crippen LogP contribution is -2.38. The van der Waals surface area contributed by atoms with Crippen LogP contribution in [0.25, 0.3) is 0 Å². The van der Waals surface area contributed by atoms with Crippen LogP contribution in [0, 0.1) is 0 Å². The summed E-state index contributed by atoms with van der Waals surface area (Å²) in [4.78, 5) is 9.69. The fourth-order valence-corrected chi connectivity index (χ4v) is 3.12. The van der Waals surface area contributed by atoms with E-state index in [9.17, 15) is 8.78 Å². The van der Waals surface area contributed by atoms with Gasteiger partial charge in [0.2, 0.25) is 5.95 Å². The first-order valence-corrected chi connectivity index (χ1v) is 8.04. The molecule has 1 aliphatic heterocycles. The van der Waals surface area contributed by atoms with Crippen LogP contribution in [0.5, 0.6) is 0 Å². The number of halogens is 2. The molecule has 0 atom stereocenters. The first-order chi connectivity index (χ1) is 11.2. The SMILES string of the molecule is CCn1c(Sc2cc(C(F)F)ncn2)nnc1N1CCOCC1. The Balaban J connectivity index is 1.83. The number of hydrogen-bond donors (Lipinski definition) is 0. The van der Waals surface area contributed by atoms with E-state index in [0.29, 0.717) is 29.9 Å². The van der Waals surface area contributed by atoms with Crippen LogP contribution in [0.2, 0.25) is 0 Å². The zero-order chi connectivity index (χ0) is 16.2. The van der Waals surface area contributed by atoms with Gasteiger partial charge in [0.05, 0.1) is 13.2 Å². The second-order valence-electron chi connectivity index (χ2n) is 4.81. The topological polar surface area (TPSA) is 69.0 Å². The molecule has 0 spiro atoms. The highest BCUT2D eigenvalue weighted by molar-refractivity contribution is 7.99. The van der Waals surface area contributed by atoms with Crippen LogP contribution in [0.4, 0.5) is 14.7 Å². The van der Waals surface area contributed by atoms with E-state index < -0.39 is 6.43 Å². The molecule has 23 heavy (non-hydrogen) atoms. The summed E-state index contributed by atoms with van der Waals surface area (Å²) in [5.41, 5.74) is -0.293. The van der Waals surface area contributed by atoms with Crippen molar-refractivity contribution in [1.82, 2.24) is 24.7 Å². The van der Waals surface area contributed by atoms with Crippen molar-refractivity contribution >= 4 is 17.7 Å². The molecule has 0 aliphatic carbocycles. The van der Waals surface area contributed by atoms with Crippen LogP contribution >= 0.6 is 11.8 Å². The van der Waals surface area contributed by atoms with E-state index in [2.05, 4.69) is 25.1 Å². The lowest BCUT2D eigenvalue weighted by atomic mass is 10.4. The molecule has 0 amide bonds. The number of aromatic nitrogens is 5. The number of ether oxygens (including phenoxy) is 1. The van der Waals surface area contributed by atoms with E-state index in [0.717, 1.165) is 25.4 Å². The summed E-state index contributed by atoms with van der Waals surface area (Å²) in [6, 6.07) is 1.28. The van der Waals surface area contributed by atoms with Gasteiger partial charge in [0.1, 0.15) is 17.0 Å². The largest absolute Gasteiger partial charge is 0.378 e. The third kappa shape index (κ3) is 3.58. The Bertz CT molecular complexity index is 662. The predicted molar refractivity (Wildman–Crippen MR) is 79.8 cm³/mol. The normalized spacial score (nSPS) is 15.4. The minimum Gasteiger partial charge on any atom is -0.378 e. The van der Waals surface area contributed by atoms with Gasteiger partial charge in [0, 0.05) is 19.6 Å². The third-order valence-electron chi connectivity index (χ3n) is 3.39. The first-order valence-electron chi connectivity index (χ1n) is 7.23. The number of morpholine rings is 1. The summed E-state index contributed by atoms with van der Waals surface area (Å²) in [5.74, 6) is 0.765. The first kappa shape index (κ1) is 16.1. The van der Waals surface area contributed by atoms with Gasteiger partial charge in [-0.05, 0) is 24.8 Å². The molecule has 0 aromatic carbocycles. The maximum atomic E-state index is 12.7. The minimum atomic E-state index is -2.62. The Kier molecular flexibility index (Phi) is 5.01. The number of rotatable bonds is 5. The molecule has 2 aromatic heterocycles. The molecule has 7 nitrogen and oxygen atoms in total. The fourth-order valence-electron chi connectivity index (χ4n) is 2.25. The van der Waals surface area contributed by atoms with Gasteiger partial charge in [0.15, 0.2) is 5.16 Å². The van der Waals surface area contributed by atoms with Crippen molar-refractivity contribution in [3.8, 4) is 0 Å². The average Bonchev–Trinajstić information content (AvgIpc) is 2.98. The monoisotopic (exact) mass is 342 g/mol. The Morgan fingerprint density at radius 1 is 1.26 bits per heavy atom. The molecule has 3 rings (SSSR count). The van der Waals surface area contributed by atoms with E-state index in [1.165, 1.54) is 17.8 Å². The summed E-state index contributed by atoms with van der Waals surface area (Å²) in [6.07, 6.45) is -1.48. The van der Waals surface area contributed by atoms with Gasteiger partial charge < -0.3 is 9.64 Å².